The lowest BCUT2D eigenvalue weighted by atomic mass is 10.0. The molecule has 10 aromatic rings. The van der Waals surface area contributed by atoms with Gasteiger partial charge in [0.1, 0.15) is 0 Å². The lowest BCUT2D eigenvalue weighted by molar-refractivity contribution is 1.16. The molecular weight excluding hydrogens is 693 g/mol. The van der Waals surface area contributed by atoms with Crippen molar-refractivity contribution in [2.75, 3.05) is 10.2 Å². The number of aromatic nitrogens is 2. The van der Waals surface area contributed by atoms with Gasteiger partial charge in [-0.3, -0.25) is 0 Å². The number of benzene rings is 8. The molecule has 0 amide bonds. The van der Waals surface area contributed by atoms with E-state index < -0.39 is 0 Å². The van der Waals surface area contributed by atoms with E-state index in [0.717, 1.165) is 40.5 Å². The Morgan fingerprint density at radius 3 is 1.46 bits per heavy atom. The number of fused-ring (bicyclic) bond motifs is 6. The summed E-state index contributed by atoms with van der Waals surface area (Å²) in [4.78, 5) is 2.35. The monoisotopic (exact) mass is 730 g/mol. The fraction of sp³-hybridized carbons (Fsp3) is 0.0189. The highest BCUT2D eigenvalue weighted by Gasteiger charge is 2.22. The van der Waals surface area contributed by atoms with Crippen molar-refractivity contribution >= 4 is 83.3 Å². The Hall–Kier alpha value is -7.56. The number of hydrogen-bond donors (Lipinski definition) is 1. The highest BCUT2D eigenvalue weighted by molar-refractivity contribution is 6.11. The van der Waals surface area contributed by atoms with Crippen LogP contribution in [0.2, 0.25) is 0 Å². The van der Waals surface area contributed by atoms with E-state index in [-0.39, 0.29) is 0 Å². The van der Waals surface area contributed by atoms with Gasteiger partial charge in [-0.15, -0.1) is 0 Å². The zero-order valence-corrected chi connectivity index (χ0v) is 31.3. The molecule has 2 heterocycles. The summed E-state index contributed by atoms with van der Waals surface area (Å²) < 4.78 is 4.81. The molecule has 0 radical (unpaired) electrons. The first kappa shape index (κ1) is 32.8. The number of hydrogen-bond acceptors (Lipinski definition) is 2. The third-order valence-corrected chi connectivity index (χ3v) is 11.3. The molecule has 0 atom stereocenters. The standard InChI is InChI=1S/C53H38N4/c1-3-15-38(16-4-1)54-49-36-43(33-34-44(49)37-27-28-42(35-37)57-52-25-13-9-21-47(52)48-22-10-14-26-53(48)57)55(39-17-5-2-6-18-39)40-29-31-41(32-30-40)56-50-23-11-7-19-45(50)46-20-8-12-24-51(46)56/h1-34,36,54H,35H2. The number of rotatable bonds is 8. The molecule has 0 saturated heterocycles. The van der Waals surface area contributed by atoms with E-state index in [2.05, 4.69) is 232 Å². The molecule has 0 saturated carbocycles. The number of para-hydroxylation sites is 6. The predicted octanol–water partition coefficient (Wildman–Crippen LogP) is 14.4. The van der Waals surface area contributed by atoms with Gasteiger partial charge in [0.15, 0.2) is 0 Å². The van der Waals surface area contributed by atoms with Gasteiger partial charge in [-0.1, -0.05) is 121 Å². The van der Waals surface area contributed by atoms with Crippen molar-refractivity contribution in [2.24, 2.45) is 0 Å². The summed E-state index contributed by atoms with van der Waals surface area (Å²) >= 11 is 0. The zero-order chi connectivity index (χ0) is 37.7. The lowest BCUT2D eigenvalue weighted by Gasteiger charge is -2.27. The van der Waals surface area contributed by atoms with Gasteiger partial charge in [0, 0.05) is 73.4 Å². The molecule has 8 aromatic carbocycles. The first-order chi connectivity index (χ1) is 28.3. The molecule has 0 fully saturated rings. The van der Waals surface area contributed by atoms with Crippen LogP contribution in [0.25, 0.3) is 60.6 Å². The molecule has 0 unspecified atom stereocenters. The van der Waals surface area contributed by atoms with E-state index in [9.17, 15) is 0 Å². The maximum Gasteiger partial charge on any atom is 0.0541 e. The lowest BCUT2D eigenvalue weighted by Crippen LogP contribution is -2.11. The van der Waals surface area contributed by atoms with E-state index >= 15 is 0 Å². The Bertz CT molecular complexity index is 3060. The Labute approximate surface area is 331 Å². The maximum atomic E-state index is 3.82. The Kier molecular flexibility index (Phi) is 7.85. The largest absolute Gasteiger partial charge is 0.355 e. The van der Waals surface area contributed by atoms with Crippen LogP contribution in [0.5, 0.6) is 0 Å². The van der Waals surface area contributed by atoms with Crippen molar-refractivity contribution in [2.45, 2.75) is 6.42 Å². The topological polar surface area (TPSA) is 25.1 Å². The Balaban J connectivity index is 0.995. The van der Waals surface area contributed by atoms with Gasteiger partial charge in [-0.05, 0) is 96.6 Å². The van der Waals surface area contributed by atoms with E-state index in [4.69, 9.17) is 0 Å². The van der Waals surface area contributed by atoms with E-state index in [1.165, 1.54) is 60.4 Å². The first-order valence-electron chi connectivity index (χ1n) is 19.6. The summed E-state index contributed by atoms with van der Waals surface area (Å²) in [6.45, 7) is 0. The van der Waals surface area contributed by atoms with Crippen LogP contribution >= 0.6 is 0 Å². The predicted molar refractivity (Wildman–Crippen MR) is 241 cm³/mol. The van der Waals surface area contributed by atoms with Crippen LogP contribution in [0, 0.1) is 0 Å². The number of anilines is 5. The van der Waals surface area contributed by atoms with Crippen LogP contribution < -0.4 is 10.2 Å². The number of nitrogens with one attached hydrogen (secondary N) is 1. The van der Waals surface area contributed by atoms with Gasteiger partial charge in [-0.2, -0.15) is 0 Å². The third-order valence-electron chi connectivity index (χ3n) is 11.3. The van der Waals surface area contributed by atoms with Crippen LogP contribution in [0.15, 0.2) is 212 Å². The number of nitrogens with zero attached hydrogens (tertiary/aromatic N) is 3. The molecule has 0 aliphatic heterocycles. The molecule has 2 aromatic heterocycles. The third kappa shape index (κ3) is 5.61. The zero-order valence-electron chi connectivity index (χ0n) is 31.3. The second-order valence-electron chi connectivity index (χ2n) is 14.7. The molecule has 1 aliphatic carbocycles. The summed E-state index contributed by atoms with van der Waals surface area (Å²) in [6.07, 6.45) is 5.41. The molecule has 0 spiro atoms. The second-order valence-corrected chi connectivity index (χ2v) is 14.7. The summed E-state index contributed by atoms with van der Waals surface area (Å²) in [7, 11) is 0. The maximum absolute atomic E-state index is 3.82. The van der Waals surface area contributed by atoms with Gasteiger partial charge < -0.3 is 19.4 Å². The molecule has 11 rings (SSSR count). The van der Waals surface area contributed by atoms with Crippen LogP contribution in [-0.4, -0.2) is 9.13 Å². The van der Waals surface area contributed by atoms with Crippen molar-refractivity contribution in [1.82, 2.24) is 9.13 Å². The minimum atomic E-state index is 0.818. The average Bonchev–Trinajstić information content (AvgIpc) is 3.98. The van der Waals surface area contributed by atoms with Crippen LogP contribution in [0.1, 0.15) is 12.0 Å². The van der Waals surface area contributed by atoms with E-state index in [1.54, 1.807) is 0 Å². The fourth-order valence-electron chi connectivity index (χ4n) is 8.79. The number of allylic oxidation sites excluding steroid dienone is 4. The fourth-order valence-corrected chi connectivity index (χ4v) is 8.79. The molecule has 4 heteroatoms. The highest BCUT2D eigenvalue weighted by Crippen LogP contribution is 2.43. The summed E-state index contributed by atoms with van der Waals surface area (Å²) in [5, 5.41) is 8.90. The second kappa shape index (κ2) is 13.6. The molecule has 1 aliphatic rings. The molecular formula is C53H38N4. The van der Waals surface area contributed by atoms with Crippen LogP contribution in [-0.2, 0) is 0 Å². The van der Waals surface area contributed by atoms with Crippen LogP contribution in [0.3, 0.4) is 0 Å². The van der Waals surface area contributed by atoms with Crippen molar-refractivity contribution in [3.05, 3.63) is 218 Å². The molecule has 57 heavy (non-hydrogen) atoms. The van der Waals surface area contributed by atoms with Crippen LogP contribution in [0.4, 0.5) is 28.4 Å². The SMILES string of the molecule is C1=C(c2ccc(N(c3ccccc3)c3ccc(-n4c5ccccc5c5ccccc54)cc3)cc2Nc2ccccc2)CC(n2c3ccccc3c3ccccc32)=C1. The van der Waals surface area contributed by atoms with Gasteiger partial charge in [0.2, 0.25) is 0 Å². The molecule has 1 N–H and O–H groups in total. The quantitative estimate of drug-likeness (QED) is 0.168. The molecule has 4 nitrogen and oxygen atoms in total. The Morgan fingerprint density at radius 2 is 0.877 bits per heavy atom. The minimum absolute atomic E-state index is 0.818. The normalized spacial score (nSPS) is 12.7. The van der Waals surface area contributed by atoms with Gasteiger partial charge in [-0.25, -0.2) is 0 Å². The van der Waals surface area contributed by atoms with Gasteiger partial charge in [0.25, 0.3) is 0 Å². The molecule has 0 bridgehead atoms. The molecule has 270 valence electrons. The summed E-state index contributed by atoms with van der Waals surface area (Å²) in [5.41, 5.74) is 15.1. The summed E-state index contributed by atoms with van der Waals surface area (Å²) in [6, 6.07) is 71.8. The first-order valence-corrected chi connectivity index (χ1v) is 19.6. The smallest absolute Gasteiger partial charge is 0.0541 e. The van der Waals surface area contributed by atoms with Crippen molar-refractivity contribution < 1.29 is 0 Å². The van der Waals surface area contributed by atoms with Gasteiger partial charge >= 0.3 is 0 Å². The Morgan fingerprint density at radius 1 is 0.404 bits per heavy atom. The minimum Gasteiger partial charge on any atom is -0.355 e. The highest BCUT2D eigenvalue weighted by atomic mass is 15.1. The van der Waals surface area contributed by atoms with Gasteiger partial charge in [0.05, 0.1) is 22.1 Å². The average molecular weight is 731 g/mol. The van der Waals surface area contributed by atoms with E-state index in [0.29, 0.717) is 0 Å². The summed E-state index contributed by atoms with van der Waals surface area (Å²) in [5.74, 6) is 0. The van der Waals surface area contributed by atoms with Crippen molar-refractivity contribution in [3.63, 3.8) is 0 Å². The van der Waals surface area contributed by atoms with Crippen molar-refractivity contribution in [1.29, 1.82) is 0 Å². The van der Waals surface area contributed by atoms with Crippen molar-refractivity contribution in [3.8, 4) is 5.69 Å². The van der Waals surface area contributed by atoms with E-state index in [1.807, 2.05) is 0 Å².